The smallest absolute Gasteiger partial charge is 0.244 e. The third kappa shape index (κ3) is 5.66. The highest BCUT2D eigenvalue weighted by Crippen LogP contribution is 2.31. The van der Waals surface area contributed by atoms with Crippen LogP contribution in [0.1, 0.15) is 96.2 Å². The van der Waals surface area contributed by atoms with Gasteiger partial charge in [0.1, 0.15) is 0 Å². The number of amides is 1. The van der Waals surface area contributed by atoms with Crippen molar-refractivity contribution in [2.45, 2.75) is 90.0 Å². The average Bonchev–Trinajstić information content (AvgIpc) is 3.37. The van der Waals surface area contributed by atoms with Gasteiger partial charge in [-0.25, -0.2) is 11.0 Å². The summed E-state index contributed by atoms with van der Waals surface area (Å²) in [5.74, 6) is 1.37. The molecule has 1 atom stereocenters. The maximum Gasteiger partial charge on any atom is 0.244 e. The van der Waals surface area contributed by atoms with Crippen molar-refractivity contribution in [2.75, 3.05) is 0 Å². The van der Waals surface area contributed by atoms with Crippen LogP contribution in [-0.2, 0) is 4.79 Å². The predicted octanol–water partition coefficient (Wildman–Crippen LogP) is 2.58. The lowest BCUT2D eigenvalue weighted by molar-refractivity contribution is -0.129. The van der Waals surface area contributed by atoms with Crippen LogP contribution in [0.5, 0.6) is 0 Å². The monoisotopic (exact) mass is 407 g/mol. The van der Waals surface area contributed by atoms with E-state index in [0.29, 0.717) is 17.6 Å². The lowest BCUT2D eigenvalue weighted by atomic mass is 9.84. The van der Waals surface area contributed by atoms with Crippen LogP contribution in [0.25, 0.3) is 0 Å². The summed E-state index contributed by atoms with van der Waals surface area (Å²) in [6.07, 6.45) is 9.60. The number of carbonyl (C=O) groups excluding carboxylic acids is 1. The highest BCUT2D eigenvalue weighted by molar-refractivity contribution is 5.95. The Kier molecular flexibility index (Phi) is 7.07. The second kappa shape index (κ2) is 9.53. The first kappa shape index (κ1) is 21.5. The third-order valence-corrected chi connectivity index (χ3v) is 5.64. The molecule has 29 heavy (non-hydrogen) atoms. The lowest BCUT2D eigenvalue weighted by Gasteiger charge is -2.31. The minimum absolute atomic E-state index is 0.106. The predicted molar refractivity (Wildman–Crippen MR) is 106 cm³/mol. The molecule has 1 fully saturated rings. The van der Waals surface area contributed by atoms with Gasteiger partial charge in [-0.3, -0.25) is 15.0 Å². The van der Waals surface area contributed by atoms with E-state index in [2.05, 4.69) is 26.3 Å². The minimum atomic E-state index is -0.453. The Labute approximate surface area is 171 Å². The van der Waals surface area contributed by atoms with E-state index in [1.807, 2.05) is 25.8 Å². The van der Waals surface area contributed by atoms with Crippen LogP contribution >= 0.6 is 0 Å². The molecule has 1 aliphatic heterocycles. The van der Waals surface area contributed by atoms with E-state index in [4.69, 9.17) is 9.73 Å². The maximum absolute atomic E-state index is 11.8. The zero-order valence-corrected chi connectivity index (χ0v) is 17.6. The van der Waals surface area contributed by atoms with Gasteiger partial charge in [0.2, 0.25) is 23.5 Å². The van der Waals surface area contributed by atoms with Gasteiger partial charge in [-0.2, -0.15) is 4.98 Å². The van der Waals surface area contributed by atoms with Crippen molar-refractivity contribution >= 4 is 11.7 Å². The quantitative estimate of drug-likeness (QED) is 0.382. The fourth-order valence-corrected chi connectivity index (χ4v) is 4.07. The maximum atomic E-state index is 11.8. The minimum Gasteiger partial charge on any atom is -0.339 e. The molecule has 1 aliphatic carbocycles. The molecule has 2 heterocycles. The molecule has 0 spiro atoms. The Hall–Kier alpha value is -2.20. The number of amidine groups is 1. The molecular formula is C19H33N7O3. The molecule has 3 rings (SSSR count). The van der Waals surface area contributed by atoms with Crippen LogP contribution < -0.4 is 16.5 Å². The van der Waals surface area contributed by atoms with Gasteiger partial charge in [0, 0.05) is 12.3 Å². The second-order valence-corrected chi connectivity index (χ2v) is 8.99. The summed E-state index contributed by atoms with van der Waals surface area (Å²) in [6.45, 7) is 6.09. The number of hydrazone groups is 1. The number of carbonyl (C=O) groups is 1. The first-order valence-electron chi connectivity index (χ1n) is 10.5. The van der Waals surface area contributed by atoms with E-state index in [9.17, 15) is 4.79 Å². The standard InChI is InChI=1S/C19H33N7O3/c1-19(2,3)26-17(21-24-25-26)16-20-18(29-23-16)14(12-15(27)22-28)11-7-10-13-8-5-4-6-9-13/h13-14,24-25,28H,4-12H2,1-3H3,(H,22,27)/t14-/m1/s1. The van der Waals surface area contributed by atoms with E-state index in [0.717, 1.165) is 25.2 Å². The Morgan fingerprint density at radius 1 is 1.34 bits per heavy atom. The van der Waals surface area contributed by atoms with Gasteiger partial charge in [-0.15, -0.1) is 10.6 Å². The van der Waals surface area contributed by atoms with E-state index in [1.165, 1.54) is 32.1 Å². The topological polar surface area (TPSA) is 128 Å². The van der Waals surface area contributed by atoms with Crippen molar-refractivity contribution in [1.29, 1.82) is 0 Å². The zero-order chi connectivity index (χ0) is 20.9. The number of nitrogens with one attached hydrogen (secondary N) is 3. The van der Waals surface area contributed by atoms with Gasteiger partial charge in [0.15, 0.2) is 0 Å². The van der Waals surface area contributed by atoms with E-state index < -0.39 is 5.91 Å². The second-order valence-electron chi connectivity index (χ2n) is 8.99. The van der Waals surface area contributed by atoms with E-state index in [1.54, 1.807) is 5.48 Å². The van der Waals surface area contributed by atoms with Gasteiger partial charge < -0.3 is 4.52 Å². The molecule has 162 valence electrons. The van der Waals surface area contributed by atoms with Gasteiger partial charge in [-0.05, 0) is 33.1 Å². The number of aromatic nitrogens is 2. The van der Waals surface area contributed by atoms with Crippen molar-refractivity contribution in [3.05, 3.63) is 11.7 Å². The van der Waals surface area contributed by atoms with Crippen molar-refractivity contribution in [3.63, 3.8) is 0 Å². The van der Waals surface area contributed by atoms with Crippen LogP contribution in [0.4, 0.5) is 0 Å². The Bertz CT molecular complexity index is 707. The fourth-order valence-electron chi connectivity index (χ4n) is 4.07. The van der Waals surface area contributed by atoms with E-state index in [-0.39, 0.29) is 17.9 Å². The SMILES string of the molecule is CC(C)(C)N1NNN=C1c1noc([C@H](CCCC2CCCCC2)CC(=O)NO)n1. The van der Waals surface area contributed by atoms with Gasteiger partial charge in [-0.1, -0.05) is 50.1 Å². The Morgan fingerprint density at radius 3 is 2.79 bits per heavy atom. The molecule has 0 unspecified atom stereocenters. The van der Waals surface area contributed by atoms with Gasteiger partial charge >= 0.3 is 0 Å². The highest BCUT2D eigenvalue weighted by atomic mass is 16.5. The average molecular weight is 408 g/mol. The number of rotatable bonds is 8. The highest BCUT2D eigenvalue weighted by Gasteiger charge is 2.33. The Balaban J connectivity index is 1.67. The number of hydrogen-bond acceptors (Lipinski definition) is 9. The van der Waals surface area contributed by atoms with Crippen molar-refractivity contribution in [2.24, 2.45) is 11.0 Å². The lowest BCUT2D eigenvalue weighted by Crippen LogP contribution is -2.52. The van der Waals surface area contributed by atoms with Crippen LogP contribution in [0.3, 0.4) is 0 Å². The largest absolute Gasteiger partial charge is 0.339 e. The molecule has 4 N–H and O–H groups in total. The summed E-state index contributed by atoms with van der Waals surface area (Å²) in [6, 6.07) is 0. The van der Waals surface area contributed by atoms with E-state index >= 15 is 0 Å². The van der Waals surface area contributed by atoms with Crippen LogP contribution in [0.15, 0.2) is 9.62 Å². The van der Waals surface area contributed by atoms with Crippen molar-refractivity contribution in [1.82, 2.24) is 31.7 Å². The third-order valence-electron chi connectivity index (χ3n) is 5.64. The van der Waals surface area contributed by atoms with Crippen LogP contribution in [0, 0.1) is 5.92 Å². The fraction of sp³-hybridized carbons (Fsp3) is 0.789. The Morgan fingerprint density at radius 2 is 2.10 bits per heavy atom. The molecule has 2 aliphatic rings. The molecule has 0 aromatic carbocycles. The summed E-state index contributed by atoms with van der Waals surface area (Å²) >= 11 is 0. The molecule has 1 aromatic heterocycles. The van der Waals surface area contributed by atoms with Gasteiger partial charge in [0.25, 0.3) is 0 Å². The normalized spacial score (nSPS) is 19.0. The first-order chi connectivity index (χ1) is 13.9. The zero-order valence-electron chi connectivity index (χ0n) is 17.6. The molecule has 10 heteroatoms. The summed E-state index contributed by atoms with van der Waals surface area (Å²) in [7, 11) is 0. The molecule has 0 saturated heterocycles. The van der Waals surface area contributed by atoms with Crippen molar-refractivity contribution in [3.8, 4) is 0 Å². The molecule has 0 bridgehead atoms. The summed E-state index contributed by atoms with van der Waals surface area (Å²) in [4.78, 5) is 16.3. The van der Waals surface area contributed by atoms with Gasteiger partial charge in [0.05, 0.1) is 5.54 Å². The summed E-state index contributed by atoms with van der Waals surface area (Å²) in [5.41, 5.74) is 7.14. The molecule has 1 aromatic rings. The van der Waals surface area contributed by atoms with Crippen LogP contribution in [-0.4, -0.2) is 37.6 Å². The van der Waals surface area contributed by atoms with Crippen LogP contribution in [0.2, 0.25) is 0 Å². The number of hydrazine groups is 2. The molecule has 0 radical (unpaired) electrons. The summed E-state index contributed by atoms with van der Waals surface area (Å²) < 4.78 is 5.50. The molecular weight excluding hydrogens is 374 g/mol. The molecule has 1 saturated carbocycles. The molecule has 1 amide bonds. The first-order valence-corrected chi connectivity index (χ1v) is 10.5. The number of nitrogens with zero attached hydrogens (tertiary/aromatic N) is 4. The summed E-state index contributed by atoms with van der Waals surface area (Å²) in [5, 5.41) is 19.1. The number of hydrogen-bond donors (Lipinski definition) is 4. The molecule has 10 nitrogen and oxygen atoms in total. The number of hydroxylamine groups is 1. The van der Waals surface area contributed by atoms with Crippen molar-refractivity contribution < 1.29 is 14.5 Å².